The Morgan fingerprint density at radius 2 is 1.92 bits per heavy atom. The van der Waals surface area contributed by atoms with Gasteiger partial charge in [0.1, 0.15) is 0 Å². The van der Waals surface area contributed by atoms with Crippen molar-refractivity contribution in [2.75, 3.05) is 29.9 Å². The molecule has 26 heavy (non-hydrogen) atoms. The molecule has 0 saturated carbocycles. The molecule has 0 aliphatic carbocycles. The number of benzene rings is 1. The number of anilines is 3. The summed E-state index contributed by atoms with van der Waals surface area (Å²) < 4.78 is 1.57. The molecule has 1 N–H and O–H groups in total. The Hall–Kier alpha value is -1.77. The Bertz CT molecular complexity index is 868. The molecule has 1 aromatic carbocycles. The summed E-state index contributed by atoms with van der Waals surface area (Å²) >= 11 is 6.93. The molecule has 0 atom stereocenters. The van der Waals surface area contributed by atoms with Gasteiger partial charge in [-0.3, -0.25) is 19.4 Å². The number of hydrogen-bond donors (Lipinski definition) is 1. The van der Waals surface area contributed by atoms with Crippen LogP contribution in [-0.2, 0) is 4.79 Å². The lowest BCUT2D eigenvalue weighted by Crippen LogP contribution is -2.38. The van der Waals surface area contributed by atoms with Crippen LogP contribution in [0.15, 0.2) is 39.4 Å². The van der Waals surface area contributed by atoms with Crippen LogP contribution in [0, 0.1) is 0 Å². The first-order valence-electron chi connectivity index (χ1n) is 8.27. The lowest BCUT2D eigenvalue weighted by atomic mass is 10.2. The molecule has 0 fully saturated rings. The van der Waals surface area contributed by atoms with E-state index in [1.54, 1.807) is 24.4 Å². The van der Waals surface area contributed by atoms with Gasteiger partial charge in [0, 0.05) is 15.1 Å². The van der Waals surface area contributed by atoms with Gasteiger partial charge in [-0.05, 0) is 69.2 Å². The molecular weight excluding hydrogens is 464 g/mol. The Morgan fingerprint density at radius 3 is 2.62 bits per heavy atom. The standard InChI is InChI=1S/C18H18Br2N4O2/c1-3-23(4-2)10-16(25)24-15-9-13(20)12(19)8-14(15)22-18(26)11-6-5-7-21-17(11)24/h5-9H,3-4,10H2,1-2H3,(H,22,26). The Balaban J connectivity index is 2.18. The number of amides is 2. The molecule has 2 aromatic rings. The highest BCUT2D eigenvalue weighted by Gasteiger charge is 2.31. The highest BCUT2D eigenvalue weighted by molar-refractivity contribution is 9.13. The van der Waals surface area contributed by atoms with Crippen molar-refractivity contribution >= 4 is 60.9 Å². The fourth-order valence-corrected chi connectivity index (χ4v) is 3.51. The van der Waals surface area contributed by atoms with E-state index in [1.165, 1.54) is 4.90 Å². The van der Waals surface area contributed by atoms with Crippen LogP contribution in [0.2, 0.25) is 0 Å². The van der Waals surface area contributed by atoms with Crippen LogP contribution in [0.5, 0.6) is 0 Å². The molecule has 0 spiro atoms. The third kappa shape index (κ3) is 3.54. The topological polar surface area (TPSA) is 65.5 Å². The predicted octanol–water partition coefficient (Wildman–Crippen LogP) is 4.18. The first kappa shape index (κ1) is 19.0. The van der Waals surface area contributed by atoms with E-state index in [0.717, 1.165) is 22.0 Å². The zero-order valence-electron chi connectivity index (χ0n) is 14.4. The first-order chi connectivity index (χ1) is 12.5. The van der Waals surface area contributed by atoms with Crippen LogP contribution in [0.25, 0.3) is 0 Å². The molecule has 0 saturated heterocycles. The van der Waals surface area contributed by atoms with Crippen molar-refractivity contribution in [3.63, 3.8) is 0 Å². The molecule has 1 aromatic heterocycles. The molecule has 6 nitrogen and oxygen atoms in total. The lowest BCUT2D eigenvalue weighted by molar-refractivity contribution is -0.119. The number of rotatable bonds is 4. The average molecular weight is 482 g/mol. The van der Waals surface area contributed by atoms with Gasteiger partial charge in [-0.15, -0.1) is 0 Å². The molecule has 3 rings (SSSR count). The predicted molar refractivity (Wildman–Crippen MR) is 109 cm³/mol. The van der Waals surface area contributed by atoms with Crippen molar-refractivity contribution < 1.29 is 9.59 Å². The smallest absolute Gasteiger partial charge is 0.259 e. The summed E-state index contributed by atoms with van der Waals surface area (Å²) in [7, 11) is 0. The molecule has 8 heteroatoms. The summed E-state index contributed by atoms with van der Waals surface area (Å²) in [5.74, 6) is -0.0857. The minimum absolute atomic E-state index is 0.138. The van der Waals surface area contributed by atoms with E-state index in [4.69, 9.17) is 0 Å². The third-order valence-electron chi connectivity index (χ3n) is 4.27. The fraction of sp³-hybridized carbons (Fsp3) is 0.278. The third-order valence-corrected chi connectivity index (χ3v) is 6.12. The van der Waals surface area contributed by atoms with E-state index < -0.39 is 0 Å². The maximum Gasteiger partial charge on any atom is 0.259 e. The number of nitrogens with zero attached hydrogens (tertiary/aromatic N) is 3. The molecule has 0 bridgehead atoms. The van der Waals surface area contributed by atoms with Gasteiger partial charge in [-0.25, -0.2) is 4.98 Å². The summed E-state index contributed by atoms with van der Waals surface area (Å²) in [6.07, 6.45) is 1.59. The SMILES string of the molecule is CCN(CC)CC(=O)N1c2cc(Br)c(Br)cc2NC(=O)c2cccnc21. The van der Waals surface area contributed by atoms with Gasteiger partial charge in [0.2, 0.25) is 5.91 Å². The normalized spacial score (nSPS) is 13.1. The number of aromatic nitrogens is 1. The quantitative estimate of drug-likeness (QED) is 0.711. The molecule has 0 radical (unpaired) electrons. The van der Waals surface area contributed by atoms with E-state index >= 15 is 0 Å². The Kier molecular flexibility index (Phi) is 5.74. The van der Waals surface area contributed by atoms with Gasteiger partial charge >= 0.3 is 0 Å². The van der Waals surface area contributed by atoms with Gasteiger partial charge in [-0.2, -0.15) is 0 Å². The number of fused-ring (bicyclic) bond motifs is 2. The van der Waals surface area contributed by atoms with Crippen molar-refractivity contribution in [3.8, 4) is 0 Å². The van der Waals surface area contributed by atoms with Crippen molar-refractivity contribution in [2.24, 2.45) is 0 Å². The summed E-state index contributed by atoms with van der Waals surface area (Å²) in [5.41, 5.74) is 1.50. The number of carbonyl (C=O) groups excluding carboxylic acids is 2. The summed E-state index contributed by atoms with van der Waals surface area (Å²) in [5, 5.41) is 2.88. The number of likely N-dealkylation sites (N-methyl/N-ethyl adjacent to an activating group) is 1. The zero-order chi connectivity index (χ0) is 18.8. The molecule has 136 valence electrons. The van der Waals surface area contributed by atoms with Crippen molar-refractivity contribution in [2.45, 2.75) is 13.8 Å². The minimum atomic E-state index is -0.290. The van der Waals surface area contributed by atoms with E-state index in [9.17, 15) is 9.59 Å². The van der Waals surface area contributed by atoms with Crippen LogP contribution >= 0.6 is 31.9 Å². The van der Waals surface area contributed by atoms with Crippen LogP contribution in [0.1, 0.15) is 24.2 Å². The van der Waals surface area contributed by atoms with E-state index in [-0.39, 0.29) is 18.4 Å². The number of halogens is 2. The molecule has 1 aliphatic rings. The van der Waals surface area contributed by atoms with Crippen molar-refractivity contribution in [1.82, 2.24) is 9.88 Å². The number of nitrogens with one attached hydrogen (secondary N) is 1. The number of carbonyl (C=O) groups is 2. The highest BCUT2D eigenvalue weighted by atomic mass is 79.9. The van der Waals surface area contributed by atoms with Gasteiger partial charge in [0.15, 0.2) is 5.82 Å². The van der Waals surface area contributed by atoms with Crippen LogP contribution in [0.3, 0.4) is 0 Å². The first-order valence-corrected chi connectivity index (χ1v) is 9.85. The largest absolute Gasteiger partial charge is 0.320 e. The summed E-state index contributed by atoms with van der Waals surface area (Å²) in [6, 6.07) is 6.95. The van der Waals surface area contributed by atoms with E-state index in [1.807, 2.05) is 24.8 Å². The zero-order valence-corrected chi connectivity index (χ0v) is 17.6. The molecule has 2 heterocycles. The van der Waals surface area contributed by atoms with E-state index in [2.05, 4.69) is 42.2 Å². The van der Waals surface area contributed by atoms with Gasteiger partial charge in [0.25, 0.3) is 5.91 Å². The average Bonchev–Trinajstić information content (AvgIpc) is 2.74. The number of hydrogen-bond acceptors (Lipinski definition) is 4. The lowest BCUT2D eigenvalue weighted by Gasteiger charge is -2.26. The van der Waals surface area contributed by atoms with Gasteiger partial charge < -0.3 is 5.32 Å². The molecule has 2 amide bonds. The molecule has 0 unspecified atom stereocenters. The second-order valence-corrected chi connectivity index (χ2v) is 7.51. The Labute approximate surface area is 168 Å². The fourth-order valence-electron chi connectivity index (χ4n) is 2.84. The van der Waals surface area contributed by atoms with Gasteiger partial charge in [0.05, 0.1) is 23.5 Å². The van der Waals surface area contributed by atoms with Crippen molar-refractivity contribution in [1.29, 1.82) is 0 Å². The van der Waals surface area contributed by atoms with Crippen LogP contribution < -0.4 is 10.2 Å². The van der Waals surface area contributed by atoms with Crippen LogP contribution in [-0.4, -0.2) is 41.3 Å². The van der Waals surface area contributed by atoms with E-state index in [0.29, 0.717) is 22.8 Å². The number of pyridine rings is 1. The van der Waals surface area contributed by atoms with Crippen LogP contribution in [0.4, 0.5) is 17.2 Å². The van der Waals surface area contributed by atoms with Crippen molar-refractivity contribution in [3.05, 3.63) is 45.0 Å². The second-order valence-electron chi connectivity index (χ2n) is 5.80. The molecular formula is C18H18Br2N4O2. The highest BCUT2D eigenvalue weighted by Crippen LogP contribution is 2.41. The monoisotopic (exact) mass is 480 g/mol. The maximum absolute atomic E-state index is 13.2. The summed E-state index contributed by atoms with van der Waals surface area (Å²) in [6.45, 7) is 5.79. The Morgan fingerprint density at radius 1 is 1.23 bits per heavy atom. The van der Waals surface area contributed by atoms with Gasteiger partial charge in [-0.1, -0.05) is 13.8 Å². The minimum Gasteiger partial charge on any atom is -0.320 e. The summed E-state index contributed by atoms with van der Waals surface area (Å²) in [4.78, 5) is 33.7. The molecule has 1 aliphatic heterocycles. The second kappa shape index (κ2) is 7.85. The maximum atomic E-state index is 13.2.